The van der Waals surface area contributed by atoms with E-state index in [1.807, 2.05) is 0 Å². The number of nitrogens with one attached hydrogen (secondary N) is 1. The summed E-state index contributed by atoms with van der Waals surface area (Å²) < 4.78 is 45.7. The highest BCUT2D eigenvalue weighted by atomic mass is 19.4. The molecule has 9 heteroatoms. The van der Waals surface area contributed by atoms with Crippen LogP contribution in [0.5, 0.6) is 5.75 Å². The largest absolute Gasteiger partial charge is 0.497 e. The first-order chi connectivity index (χ1) is 12.4. The zero-order valence-electron chi connectivity index (χ0n) is 13.3. The van der Waals surface area contributed by atoms with E-state index in [4.69, 9.17) is 4.74 Å². The standard InChI is InChI=1S/C17H11F3N4O2/c1-26-10-7-5-9(6-8-10)14-22-15-11-3-2-4-12(17(18,19)20)13(11)21-16(25)24(15)23-14/h2-8H,1H3,(H,21,25). The van der Waals surface area contributed by atoms with Gasteiger partial charge >= 0.3 is 11.9 Å². The van der Waals surface area contributed by atoms with Crippen LogP contribution >= 0.6 is 0 Å². The van der Waals surface area contributed by atoms with Crippen LogP contribution in [0.2, 0.25) is 0 Å². The Kier molecular flexibility index (Phi) is 3.46. The van der Waals surface area contributed by atoms with Crippen molar-refractivity contribution < 1.29 is 17.9 Å². The van der Waals surface area contributed by atoms with E-state index < -0.39 is 17.4 Å². The van der Waals surface area contributed by atoms with E-state index in [0.29, 0.717) is 11.3 Å². The molecule has 0 unspecified atom stereocenters. The topological polar surface area (TPSA) is 72.3 Å². The van der Waals surface area contributed by atoms with E-state index in [-0.39, 0.29) is 22.4 Å². The molecule has 2 aromatic carbocycles. The Morgan fingerprint density at radius 2 is 1.85 bits per heavy atom. The number of para-hydroxylation sites is 1. The molecule has 0 saturated heterocycles. The molecule has 4 rings (SSSR count). The summed E-state index contributed by atoms with van der Waals surface area (Å²) in [5.41, 5.74) is -1.37. The van der Waals surface area contributed by atoms with Crippen molar-refractivity contribution in [1.29, 1.82) is 0 Å². The fraction of sp³-hybridized carbons (Fsp3) is 0.118. The first kappa shape index (κ1) is 16.1. The second kappa shape index (κ2) is 5.58. The van der Waals surface area contributed by atoms with Gasteiger partial charge in [0.05, 0.1) is 18.2 Å². The van der Waals surface area contributed by atoms with E-state index in [0.717, 1.165) is 10.6 Å². The maximum absolute atomic E-state index is 13.2. The molecule has 0 amide bonds. The van der Waals surface area contributed by atoms with Crippen molar-refractivity contribution in [3.63, 3.8) is 0 Å². The highest BCUT2D eigenvalue weighted by Crippen LogP contribution is 2.34. The van der Waals surface area contributed by atoms with E-state index in [9.17, 15) is 18.0 Å². The minimum atomic E-state index is -4.60. The number of alkyl halides is 3. The number of hydrogen-bond donors (Lipinski definition) is 1. The first-order valence-electron chi connectivity index (χ1n) is 7.52. The Bertz CT molecular complexity index is 1180. The molecule has 0 spiro atoms. The van der Waals surface area contributed by atoms with Crippen molar-refractivity contribution >= 4 is 16.6 Å². The van der Waals surface area contributed by atoms with Crippen LogP contribution in [0.25, 0.3) is 27.9 Å². The van der Waals surface area contributed by atoms with Gasteiger partial charge in [-0.1, -0.05) is 6.07 Å². The number of hydrogen-bond acceptors (Lipinski definition) is 4. The van der Waals surface area contributed by atoms with Gasteiger partial charge in [-0.3, -0.25) is 0 Å². The van der Waals surface area contributed by atoms with Crippen LogP contribution in [0.4, 0.5) is 13.2 Å². The summed E-state index contributed by atoms with van der Waals surface area (Å²) in [6, 6.07) is 10.4. The summed E-state index contributed by atoms with van der Waals surface area (Å²) in [4.78, 5) is 18.8. The summed E-state index contributed by atoms with van der Waals surface area (Å²) in [5, 5.41) is 4.28. The van der Waals surface area contributed by atoms with Crippen molar-refractivity contribution in [2.24, 2.45) is 0 Å². The molecule has 0 aliphatic rings. The van der Waals surface area contributed by atoms with Crippen molar-refractivity contribution in [1.82, 2.24) is 19.6 Å². The Labute approximate surface area is 143 Å². The molecule has 0 aliphatic heterocycles. The lowest BCUT2D eigenvalue weighted by Gasteiger charge is -2.09. The smallest absolute Gasteiger partial charge is 0.418 e. The van der Waals surface area contributed by atoms with Crippen molar-refractivity contribution in [3.05, 3.63) is 58.5 Å². The minimum Gasteiger partial charge on any atom is -0.497 e. The van der Waals surface area contributed by atoms with Crippen LogP contribution in [0.1, 0.15) is 5.56 Å². The number of H-pyrrole nitrogens is 1. The summed E-state index contributed by atoms with van der Waals surface area (Å²) in [7, 11) is 1.53. The van der Waals surface area contributed by atoms with Gasteiger partial charge in [-0.25, -0.2) is 9.78 Å². The Morgan fingerprint density at radius 1 is 1.12 bits per heavy atom. The van der Waals surface area contributed by atoms with Gasteiger partial charge in [0.15, 0.2) is 11.5 Å². The van der Waals surface area contributed by atoms with Gasteiger partial charge in [0, 0.05) is 10.9 Å². The molecule has 0 fully saturated rings. The van der Waals surface area contributed by atoms with Gasteiger partial charge in [-0.05, 0) is 36.4 Å². The lowest BCUT2D eigenvalue weighted by molar-refractivity contribution is -0.136. The number of ether oxygens (including phenoxy) is 1. The average Bonchev–Trinajstić information content (AvgIpc) is 3.07. The first-order valence-corrected chi connectivity index (χ1v) is 7.52. The molecule has 0 aliphatic carbocycles. The minimum absolute atomic E-state index is 0.0562. The zero-order chi connectivity index (χ0) is 18.5. The number of aromatic nitrogens is 4. The summed E-state index contributed by atoms with van der Waals surface area (Å²) in [6.45, 7) is 0. The fourth-order valence-corrected chi connectivity index (χ4v) is 2.76. The number of benzene rings is 2. The second-order valence-corrected chi connectivity index (χ2v) is 5.56. The van der Waals surface area contributed by atoms with Crippen LogP contribution in [-0.2, 0) is 6.18 Å². The van der Waals surface area contributed by atoms with Gasteiger partial charge in [-0.2, -0.15) is 17.7 Å². The molecule has 0 atom stereocenters. The lowest BCUT2D eigenvalue weighted by atomic mass is 10.1. The fourth-order valence-electron chi connectivity index (χ4n) is 2.76. The van der Waals surface area contributed by atoms with E-state index in [2.05, 4.69) is 15.1 Å². The molecule has 4 aromatic rings. The third-order valence-corrected chi connectivity index (χ3v) is 3.99. The highest BCUT2D eigenvalue weighted by Gasteiger charge is 2.33. The number of halogens is 3. The Balaban J connectivity index is 1.99. The molecule has 6 nitrogen and oxygen atoms in total. The SMILES string of the molecule is COc1ccc(-c2nc3c4cccc(C(F)(F)F)c4[nH]c(=O)n3n2)cc1. The predicted molar refractivity (Wildman–Crippen MR) is 88.1 cm³/mol. The van der Waals surface area contributed by atoms with Gasteiger partial charge in [0.2, 0.25) is 0 Å². The molecule has 2 aromatic heterocycles. The van der Waals surface area contributed by atoms with Gasteiger partial charge in [0.25, 0.3) is 0 Å². The molecular formula is C17H11F3N4O2. The quantitative estimate of drug-likeness (QED) is 0.596. The van der Waals surface area contributed by atoms with E-state index in [1.54, 1.807) is 24.3 Å². The summed E-state index contributed by atoms with van der Waals surface area (Å²) in [6.07, 6.45) is -4.60. The van der Waals surface area contributed by atoms with Crippen LogP contribution < -0.4 is 10.4 Å². The monoisotopic (exact) mass is 360 g/mol. The zero-order valence-corrected chi connectivity index (χ0v) is 13.3. The van der Waals surface area contributed by atoms with Crippen molar-refractivity contribution in [2.75, 3.05) is 7.11 Å². The number of rotatable bonds is 2. The predicted octanol–water partition coefficient (Wildman–Crippen LogP) is 3.27. The number of methoxy groups -OCH3 is 1. The van der Waals surface area contributed by atoms with Gasteiger partial charge in [-0.15, -0.1) is 5.10 Å². The van der Waals surface area contributed by atoms with Gasteiger partial charge < -0.3 is 9.72 Å². The van der Waals surface area contributed by atoms with Crippen LogP contribution in [0, 0.1) is 0 Å². The summed E-state index contributed by atoms with van der Waals surface area (Å²) in [5.74, 6) is 0.860. The highest BCUT2D eigenvalue weighted by molar-refractivity contribution is 5.93. The second-order valence-electron chi connectivity index (χ2n) is 5.56. The van der Waals surface area contributed by atoms with E-state index >= 15 is 0 Å². The van der Waals surface area contributed by atoms with Crippen LogP contribution in [0.3, 0.4) is 0 Å². The maximum atomic E-state index is 13.2. The number of nitrogens with zero attached hydrogens (tertiary/aromatic N) is 3. The molecule has 0 radical (unpaired) electrons. The lowest BCUT2D eigenvalue weighted by Crippen LogP contribution is -2.19. The summed E-state index contributed by atoms with van der Waals surface area (Å²) >= 11 is 0. The Hall–Kier alpha value is -3.36. The number of fused-ring (bicyclic) bond motifs is 3. The third kappa shape index (κ3) is 2.48. The molecule has 26 heavy (non-hydrogen) atoms. The molecule has 132 valence electrons. The maximum Gasteiger partial charge on any atom is 0.418 e. The normalized spacial score (nSPS) is 12.0. The van der Waals surface area contributed by atoms with Crippen molar-refractivity contribution in [2.45, 2.75) is 6.18 Å². The third-order valence-electron chi connectivity index (χ3n) is 3.99. The van der Waals surface area contributed by atoms with Gasteiger partial charge in [0.1, 0.15) is 5.75 Å². The molecule has 2 heterocycles. The molecule has 0 saturated carbocycles. The average molecular weight is 360 g/mol. The van der Waals surface area contributed by atoms with Crippen LogP contribution in [0.15, 0.2) is 47.3 Å². The van der Waals surface area contributed by atoms with Crippen molar-refractivity contribution in [3.8, 4) is 17.1 Å². The molecular weight excluding hydrogens is 349 g/mol. The van der Waals surface area contributed by atoms with E-state index in [1.165, 1.54) is 19.2 Å². The molecule has 0 bridgehead atoms. The number of aromatic amines is 1. The molecule has 1 N–H and O–H groups in total. The van der Waals surface area contributed by atoms with Crippen LogP contribution in [-0.4, -0.2) is 26.7 Å². The Morgan fingerprint density at radius 3 is 2.50 bits per heavy atom.